The van der Waals surface area contributed by atoms with Crippen molar-refractivity contribution in [2.45, 2.75) is 44.7 Å². The van der Waals surface area contributed by atoms with Gasteiger partial charge in [-0.3, -0.25) is 19.3 Å². The molecule has 1 saturated heterocycles. The average molecular weight is 440 g/mol. The van der Waals surface area contributed by atoms with Gasteiger partial charge < -0.3 is 5.32 Å². The Hall–Kier alpha value is -3.00. The van der Waals surface area contributed by atoms with Crippen LogP contribution >= 0.6 is 11.3 Å². The third-order valence-corrected chi connectivity index (χ3v) is 6.99. The lowest BCUT2D eigenvalue weighted by Crippen LogP contribution is -2.47. The van der Waals surface area contributed by atoms with E-state index in [0.717, 1.165) is 39.5 Å². The van der Waals surface area contributed by atoms with E-state index >= 15 is 0 Å². The predicted octanol–water partition coefficient (Wildman–Crippen LogP) is 3.32. The van der Waals surface area contributed by atoms with Crippen LogP contribution < -0.4 is 5.32 Å². The molecule has 0 bridgehead atoms. The van der Waals surface area contributed by atoms with Gasteiger partial charge in [0.2, 0.25) is 5.91 Å². The number of nitrogens with zero attached hydrogens (tertiary/aromatic N) is 2. The highest BCUT2D eigenvalue weighted by atomic mass is 32.1. The molecular formula is C23H25N3O4S. The van der Waals surface area contributed by atoms with Crippen LogP contribution in [0.3, 0.4) is 0 Å². The lowest BCUT2D eigenvalue weighted by Gasteiger charge is -2.34. The normalized spacial score (nSPS) is 22.7. The molecule has 1 aromatic carbocycles. The lowest BCUT2D eigenvalue weighted by molar-refractivity contribution is -0.145. The number of benzene rings is 1. The van der Waals surface area contributed by atoms with Gasteiger partial charge in [0.05, 0.1) is 6.04 Å². The van der Waals surface area contributed by atoms with E-state index in [1.807, 2.05) is 54.8 Å². The van der Waals surface area contributed by atoms with Crippen LogP contribution in [-0.4, -0.2) is 46.1 Å². The van der Waals surface area contributed by atoms with Crippen molar-refractivity contribution in [3.8, 4) is 0 Å². The molecule has 1 saturated carbocycles. The summed E-state index contributed by atoms with van der Waals surface area (Å²) >= 11 is 1.51. The summed E-state index contributed by atoms with van der Waals surface area (Å²) in [6.45, 7) is 1.52. The van der Waals surface area contributed by atoms with Gasteiger partial charge in [-0.1, -0.05) is 56.2 Å². The van der Waals surface area contributed by atoms with E-state index in [9.17, 15) is 19.2 Å². The van der Waals surface area contributed by atoms with E-state index in [4.69, 9.17) is 0 Å². The zero-order valence-electron chi connectivity index (χ0n) is 17.3. The molecule has 162 valence electrons. The molecule has 31 heavy (non-hydrogen) atoms. The fourth-order valence-electron chi connectivity index (χ4n) is 4.40. The number of hydrogen-bond acceptors (Lipinski definition) is 5. The molecule has 1 aromatic heterocycles. The van der Waals surface area contributed by atoms with Gasteiger partial charge in [0.15, 0.2) is 0 Å². The number of amides is 5. The van der Waals surface area contributed by atoms with Crippen LogP contribution in [0.4, 0.5) is 4.79 Å². The van der Waals surface area contributed by atoms with E-state index < -0.39 is 36.3 Å². The van der Waals surface area contributed by atoms with E-state index in [-0.39, 0.29) is 12.0 Å². The molecule has 8 heteroatoms. The summed E-state index contributed by atoms with van der Waals surface area (Å²) in [6, 6.07) is 11.9. The standard InChI is InChI=1S/C23H25N3O4S/c1-15-8-5-6-11-17(15)26-22(29)21(28)25(23(26)30)14-19(27)24-20(18-12-7-13-31-18)16-9-3-2-4-10-16/h2-4,7,9-10,12-13,15,17,20H,5-6,8,11,14H2,1H3,(H,24,27)/t15-,17-,20-/m1/s1. The summed E-state index contributed by atoms with van der Waals surface area (Å²) in [5, 5.41) is 4.84. The molecule has 3 atom stereocenters. The fraction of sp³-hybridized carbons (Fsp3) is 0.391. The zero-order valence-corrected chi connectivity index (χ0v) is 18.1. The number of thiophene rings is 1. The predicted molar refractivity (Wildman–Crippen MR) is 116 cm³/mol. The molecule has 1 aliphatic heterocycles. The minimum Gasteiger partial charge on any atom is -0.343 e. The zero-order chi connectivity index (χ0) is 22.0. The maximum absolute atomic E-state index is 12.9. The number of rotatable bonds is 6. The summed E-state index contributed by atoms with van der Waals surface area (Å²) in [6.07, 6.45) is 3.58. The molecule has 0 unspecified atom stereocenters. The monoisotopic (exact) mass is 439 g/mol. The SMILES string of the molecule is C[C@@H]1CCCC[C@H]1N1C(=O)C(=O)N(CC(=O)N[C@H](c2ccccc2)c2cccs2)C1=O. The Morgan fingerprint density at radius 2 is 1.81 bits per heavy atom. The molecule has 7 nitrogen and oxygen atoms in total. The Morgan fingerprint density at radius 1 is 1.06 bits per heavy atom. The number of carbonyl (C=O) groups excluding carboxylic acids is 4. The van der Waals surface area contributed by atoms with Crippen molar-refractivity contribution >= 4 is 35.1 Å². The summed E-state index contributed by atoms with van der Waals surface area (Å²) < 4.78 is 0. The first-order valence-corrected chi connectivity index (χ1v) is 11.4. The van der Waals surface area contributed by atoms with Gasteiger partial charge >= 0.3 is 17.8 Å². The topological polar surface area (TPSA) is 86.8 Å². The van der Waals surface area contributed by atoms with Gasteiger partial charge in [-0.2, -0.15) is 0 Å². The lowest BCUT2D eigenvalue weighted by atomic mass is 9.85. The average Bonchev–Trinajstić information content (AvgIpc) is 3.37. The second-order valence-electron chi connectivity index (χ2n) is 8.10. The van der Waals surface area contributed by atoms with Gasteiger partial charge in [0.25, 0.3) is 0 Å². The van der Waals surface area contributed by atoms with E-state index in [1.54, 1.807) is 0 Å². The minimum absolute atomic E-state index is 0.143. The van der Waals surface area contributed by atoms with Crippen LogP contribution in [-0.2, 0) is 14.4 Å². The Balaban J connectivity index is 1.49. The van der Waals surface area contributed by atoms with Gasteiger partial charge in [-0.25, -0.2) is 9.69 Å². The third kappa shape index (κ3) is 4.25. The van der Waals surface area contributed by atoms with Crippen molar-refractivity contribution in [2.24, 2.45) is 5.92 Å². The van der Waals surface area contributed by atoms with E-state index in [0.29, 0.717) is 6.42 Å². The van der Waals surface area contributed by atoms with E-state index in [1.165, 1.54) is 11.3 Å². The van der Waals surface area contributed by atoms with Crippen LogP contribution in [0.2, 0.25) is 0 Å². The minimum atomic E-state index is -0.926. The molecule has 4 rings (SSSR count). The Kier molecular flexibility index (Phi) is 6.18. The highest BCUT2D eigenvalue weighted by molar-refractivity contribution is 7.10. The summed E-state index contributed by atoms with van der Waals surface area (Å²) in [7, 11) is 0. The van der Waals surface area contributed by atoms with Crippen LogP contribution in [0.1, 0.15) is 49.1 Å². The van der Waals surface area contributed by atoms with Gasteiger partial charge in [0, 0.05) is 10.9 Å². The van der Waals surface area contributed by atoms with Crippen LogP contribution in [0.25, 0.3) is 0 Å². The van der Waals surface area contributed by atoms with Crippen molar-refractivity contribution < 1.29 is 19.2 Å². The molecule has 2 heterocycles. The molecule has 2 fully saturated rings. The van der Waals surface area contributed by atoms with Crippen LogP contribution in [0.5, 0.6) is 0 Å². The maximum atomic E-state index is 12.9. The smallest absolute Gasteiger partial charge is 0.334 e. The summed E-state index contributed by atoms with van der Waals surface area (Å²) in [5.41, 5.74) is 0.895. The molecule has 2 aliphatic rings. The third-order valence-electron chi connectivity index (χ3n) is 6.05. The molecule has 0 spiro atoms. The number of urea groups is 1. The fourth-order valence-corrected chi connectivity index (χ4v) is 5.21. The van der Waals surface area contributed by atoms with Crippen molar-refractivity contribution in [2.75, 3.05) is 6.54 Å². The van der Waals surface area contributed by atoms with Crippen molar-refractivity contribution in [3.05, 3.63) is 58.3 Å². The summed E-state index contributed by atoms with van der Waals surface area (Å²) in [4.78, 5) is 53.6. The second-order valence-corrected chi connectivity index (χ2v) is 9.08. The first-order chi connectivity index (χ1) is 15.0. The quantitative estimate of drug-likeness (QED) is 0.553. The number of nitrogens with one attached hydrogen (secondary N) is 1. The van der Waals surface area contributed by atoms with Gasteiger partial charge in [0.1, 0.15) is 6.54 Å². The Labute approximate surface area is 185 Å². The van der Waals surface area contributed by atoms with Crippen molar-refractivity contribution in [1.82, 2.24) is 15.1 Å². The first kappa shape index (κ1) is 21.2. The molecular weight excluding hydrogens is 414 g/mol. The first-order valence-electron chi connectivity index (χ1n) is 10.5. The maximum Gasteiger partial charge on any atom is 0.334 e. The van der Waals surface area contributed by atoms with Crippen LogP contribution in [0, 0.1) is 5.92 Å². The second kappa shape index (κ2) is 9.01. The number of carbonyl (C=O) groups is 4. The van der Waals surface area contributed by atoms with Crippen molar-refractivity contribution in [3.63, 3.8) is 0 Å². The molecule has 2 aromatic rings. The Bertz CT molecular complexity index is 976. The molecule has 1 aliphatic carbocycles. The number of imide groups is 2. The van der Waals surface area contributed by atoms with Gasteiger partial charge in [-0.05, 0) is 35.8 Å². The van der Waals surface area contributed by atoms with Crippen molar-refractivity contribution in [1.29, 1.82) is 0 Å². The highest BCUT2D eigenvalue weighted by Crippen LogP contribution is 2.31. The molecule has 1 N–H and O–H groups in total. The number of hydrogen-bond donors (Lipinski definition) is 1. The van der Waals surface area contributed by atoms with E-state index in [2.05, 4.69) is 5.32 Å². The Morgan fingerprint density at radius 3 is 2.48 bits per heavy atom. The van der Waals surface area contributed by atoms with Gasteiger partial charge in [-0.15, -0.1) is 11.3 Å². The highest BCUT2D eigenvalue weighted by Gasteiger charge is 2.49. The van der Waals surface area contributed by atoms with Crippen LogP contribution in [0.15, 0.2) is 47.8 Å². The molecule has 0 radical (unpaired) electrons. The largest absolute Gasteiger partial charge is 0.343 e. The molecule has 5 amide bonds. The summed E-state index contributed by atoms with van der Waals surface area (Å²) in [5.74, 6) is -2.10.